The largest absolute Gasteiger partial charge is 0.500 e. The molecule has 14 N–H and O–H groups in total. The topological polar surface area (TPSA) is 500 Å². The lowest BCUT2D eigenvalue weighted by molar-refractivity contribution is -0.148. The van der Waals surface area contributed by atoms with Crippen molar-refractivity contribution >= 4 is 100 Å². The molecule has 6 saturated heterocycles. The number of β-amino-alcohol motifs (C(OH)–C–C–N with tert-alkyl or cyclic N) is 3. The number of aliphatic hydroxyl groups excluding tert-OH is 3. The Labute approximate surface area is 652 Å². The van der Waals surface area contributed by atoms with Gasteiger partial charge in [0.05, 0.1) is 37.9 Å². The highest BCUT2D eigenvalue weighted by Gasteiger charge is 2.50. The number of nitrogens with zero attached hydrogens (tertiary/aromatic N) is 6. The quantitative estimate of drug-likeness (QED) is 0.0219. The van der Waals surface area contributed by atoms with Gasteiger partial charge in [-0.15, -0.1) is 0 Å². The number of nitrogens with two attached hydrogens (primary N) is 1. The molecule has 6 fully saturated rings. The molecule has 0 spiro atoms. The minimum atomic E-state index is -2.85. The summed E-state index contributed by atoms with van der Waals surface area (Å²) in [6.45, 7) is 14.3. The molecule has 0 aromatic rings. The second kappa shape index (κ2) is 46.5. The molecule has 16 amide bonds. The Hall–Kier alpha value is -7.71. The van der Waals surface area contributed by atoms with Gasteiger partial charge in [0.15, 0.2) is 0 Å². The summed E-state index contributed by atoms with van der Waals surface area (Å²) in [4.78, 5) is 197. The maximum absolute atomic E-state index is 14.4. The summed E-state index contributed by atoms with van der Waals surface area (Å²) in [6.07, 6.45) is 2.01. The summed E-state index contributed by atoms with van der Waals surface area (Å²) in [5, 5.41) is 56.4. The molecule has 6 aliphatic heterocycles. The van der Waals surface area contributed by atoms with Gasteiger partial charge >= 0.3 is 29.4 Å². The van der Waals surface area contributed by atoms with E-state index in [9.17, 15) is 82.4 Å². The van der Waals surface area contributed by atoms with Crippen LogP contribution in [0.25, 0.3) is 0 Å². The Bertz CT molecular complexity index is 3120. The van der Waals surface area contributed by atoms with Gasteiger partial charge in [0.25, 0.3) is 0 Å². The van der Waals surface area contributed by atoms with Crippen LogP contribution < -0.4 is 53.6 Å². The zero-order chi connectivity index (χ0) is 81.4. The number of hydrogen-bond donors (Lipinski definition) is 13. The molecule has 0 aromatic heterocycles. The Balaban J connectivity index is 0.926. The number of primary amides is 1. The first-order chi connectivity index (χ1) is 53.1. The van der Waals surface area contributed by atoms with Crippen molar-refractivity contribution in [1.29, 1.82) is 0 Å². The van der Waals surface area contributed by atoms with Gasteiger partial charge in [-0.25, -0.2) is 9.59 Å². The van der Waals surface area contributed by atoms with E-state index in [1.54, 1.807) is 0 Å². The molecule has 0 radical (unpaired) electrons. The first-order valence-electron chi connectivity index (χ1n) is 39.9. The highest BCUT2D eigenvalue weighted by Crippen LogP contribution is 2.31. The van der Waals surface area contributed by atoms with Crippen LogP contribution in [0.4, 0.5) is 9.59 Å². The van der Waals surface area contributed by atoms with E-state index in [-0.39, 0.29) is 103 Å². The van der Waals surface area contributed by atoms with Crippen molar-refractivity contribution < 1.29 is 105 Å². The molecular weight excluding hydrogens is 1490 g/mol. The summed E-state index contributed by atoms with van der Waals surface area (Å²) in [6, 6.07) is -7.72. The van der Waals surface area contributed by atoms with Crippen LogP contribution in [0, 0.1) is 0 Å². The Morgan fingerprint density at radius 1 is 0.423 bits per heavy atom. The molecule has 0 aromatic carbocycles. The van der Waals surface area contributed by atoms with Crippen LogP contribution in [0.3, 0.4) is 0 Å². The van der Waals surface area contributed by atoms with E-state index in [0.29, 0.717) is 117 Å². The van der Waals surface area contributed by atoms with Crippen molar-refractivity contribution in [3.05, 3.63) is 0 Å². The lowest BCUT2D eigenvalue weighted by atomic mass is 10.1. The minimum absolute atomic E-state index is 0.0937. The number of unbranched alkanes of at least 4 members (excludes halogenated alkanes) is 2. The molecule has 628 valence electrons. The number of hydrogen-bond acceptors (Lipinski definition) is 22. The average molecular weight is 1610 g/mol. The predicted octanol–water partition coefficient (Wildman–Crippen LogP) is -2.64. The zero-order valence-corrected chi connectivity index (χ0v) is 67.8. The van der Waals surface area contributed by atoms with Gasteiger partial charge in [-0.1, -0.05) is 13.3 Å². The summed E-state index contributed by atoms with van der Waals surface area (Å²) in [5.41, 5.74) is 5.59. The highest BCUT2D eigenvalue weighted by molar-refractivity contribution is 6.67. The maximum Gasteiger partial charge on any atom is 0.500 e. The van der Waals surface area contributed by atoms with Crippen LogP contribution in [0.2, 0.25) is 18.1 Å². The zero-order valence-electron chi connectivity index (χ0n) is 65.8. The molecule has 0 saturated carbocycles. The molecule has 0 aliphatic carbocycles. The molecule has 38 nitrogen and oxygen atoms in total. The van der Waals surface area contributed by atoms with Crippen molar-refractivity contribution in [3.63, 3.8) is 0 Å². The number of rotatable bonds is 46. The summed E-state index contributed by atoms with van der Waals surface area (Å²) in [7, 11) is -5.22. The SMILES string of the molecule is CCC[Si](CCCNC(=O)NCCCC[C@H](NC(C)=O)C(=O)N1CCC[C@H]1C(=O)N1CC(O)C[C@H]1C(=O)NCC(=O)N1CCC[C@H]1C(=O)N1CC(O)C[C@H]1C(=O)NCC(=O)N1CCC[C@H]1C(=O)N1CC(O)C[C@H]1C(=O)NCC(=O)N[C@@H](CCCCNC(=O)NCCC[Si](OCC)(OCC)OCC)C(N)=O)(OCC)OCC. The second-order valence-corrected chi connectivity index (χ2v) is 35.0. The van der Waals surface area contributed by atoms with Crippen molar-refractivity contribution in [3.8, 4) is 0 Å². The first-order valence-corrected chi connectivity index (χ1v) is 44.0. The van der Waals surface area contributed by atoms with Gasteiger partial charge in [-0.05, 0) is 137 Å². The number of likely N-dealkylation sites (tertiary alicyclic amines) is 6. The fourth-order valence-corrected chi connectivity index (χ4v) is 21.7. The van der Waals surface area contributed by atoms with E-state index in [1.807, 2.05) is 34.6 Å². The summed E-state index contributed by atoms with van der Waals surface area (Å²) >= 11 is 0. The van der Waals surface area contributed by atoms with Crippen molar-refractivity contribution in [2.75, 3.05) is 118 Å². The first kappa shape index (κ1) is 92.2. The van der Waals surface area contributed by atoms with Crippen LogP contribution in [0.1, 0.15) is 164 Å². The van der Waals surface area contributed by atoms with Gasteiger partial charge in [-0.2, -0.15) is 0 Å². The number of carbonyl (C=O) groups is 14. The Kier molecular flexibility index (Phi) is 38.6. The van der Waals surface area contributed by atoms with Crippen molar-refractivity contribution in [2.45, 2.75) is 249 Å². The number of carbonyl (C=O) groups excluding carboxylic acids is 14. The lowest BCUT2D eigenvalue weighted by Gasteiger charge is -2.33. The third-order valence-electron chi connectivity index (χ3n) is 20.7. The van der Waals surface area contributed by atoms with Crippen molar-refractivity contribution in [1.82, 2.24) is 77.3 Å². The van der Waals surface area contributed by atoms with Gasteiger partial charge in [0, 0.05) is 131 Å². The van der Waals surface area contributed by atoms with E-state index in [0.717, 1.165) is 28.3 Å². The van der Waals surface area contributed by atoms with Gasteiger partial charge in [-0.3, -0.25) is 57.5 Å². The fraction of sp³-hybridized carbons (Fsp3) is 0.803. The van der Waals surface area contributed by atoms with Crippen LogP contribution >= 0.6 is 0 Å². The summed E-state index contributed by atoms with van der Waals surface area (Å²) < 4.78 is 29.8. The lowest BCUT2D eigenvalue weighted by Crippen LogP contribution is -2.57. The molecule has 3 unspecified atom stereocenters. The number of amides is 16. The maximum atomic E-state index is 14.4. The molecule has 6 aliphatic rings. The number of urea groups is 2. The Morgan fingerprint density at radius 3 is 1.18 bits per heavy atom. The molecule has 6 heterocycles. The molecule has 6 rings (SSSR count). The normalized spacial score (nSPS) is 22.4. The highest BCUT2D eigenvalue weighted by atomic mass is 28.4. The molecule has 11 atom stereocenters. The monoisotopic (exact) mass is 1610 g/mol. The molecule has 111 heavy (non-hydrogen) atoms. The fourth-order valence-electron chi connectivity index (χ4n) is 15.6. The molecular formula is C71H124N16O22Si2. The number of aliphatic hydroxyl groups is 3. The Morgan fingerprint density at radius 2 is 0.793 bits per heavy atom. The van der Waals surface area contributed by atoms with Crippen LogP contribution in [0.15, 0.2) is 0 Å². The second-order valence-electron chi connectivity index (χ2n) is 28.9. The molecule has 40 heteroatoms. The predicted molar refractivity (Wildman–Crippen MR) is 404 cm³/mol. The smallest absolute Gasteiger partial charge is 0.394 e. The third kappa shape index (κ3) is 27.5. The number of nitrogens with one attached hydrogen (secondary N) is 9. The van der Waals surface area contributed by atoms with Gasteiger partial charge in [0.1, 0.15) is 48.3 Å². The van der Waals surface area contributed by atoms with E-state index in [2.05, 4.69) is 54.8 Å². The van der Waals surface area contributed by atoms with Crippen LogP contribution in [-0.4, -0.2) is 330 Å². The molecule has 0 bridgehead atoms. The van der Waals surface area contributed by atoms with Crippen LogP contribution in [-0.2, 0) is 79.7 Å². The average Bonchev–Trinajstić information content (AvgIpc) is 1.67. The standard InChI is InChI=1S/C71H124N16O22Si2/c1-8-35-110(105-9-2,106-10-3)36-21-30-75-70(103)74-29-17-15-24-52(80-47(7)88)66(99)84-34-20-27-55(84)69(102)87-46-50(91)40-58(87)65(98)79-43-61(94)83-33-19-26-54(83)68(101)86-45-49(90)39-57(86)64(97)78-42-60(93)82-32-18-25-53(82)67(100)85-44-48(89)38-56(85)63(96)77-41-59(92)81-51(62(72)95)23-14-16-28-73-71(104)76-31-22-37-111(107-11-4,108-12-5)109-13-6/h48-58,89-91H,8-46H2,1-7H3,(H2,72,95)(H,77,96)(H,78,97)(H,79,98)(H,80,88)(H,81,92)(H2,73,76,104)(H2,74,75,103)/t48?,49?,50?,51-,52-,53-,54-,55-,56-,57-,58-/m0/s1. The minimum Gasteiger partial charge on any atom is -0.394 e. The third-order valence-corrected chi connectivity index (χ3v) is 27.8. The van der Waals surface area contributed by atoms with Gasteiger partial charge in [0.2, 0.25) is 70.9 Å². The van der Waals surface area contributed by atoms with Crippen LogP contribution in [0.5, 0.6) is 0 Å². The van der Waals surface area contributed by atoms with Gasteiger partial charge < -0.3 is 120 Å². The van der Waals surface area contributed by atoms with E-state index in [4.69, 9.17) is 27.9 Å². The van der Waals surface area contributed by atoms with Crippen molar-refractivity contribution in [2.24, 2.45) is 5.73 Å². The van der Waals surface area contributed by atoms with E-state index < -0.39 is 181 Å². The van der Waals surface area contributed by atoms with E-state index in [1.165, 1.54) is 26.5 Å². The van der Waals surface area contributed by atoms with E-state index >= 15 is 0 Å². The summed E-state index contributed by atoms with van der Waals surface area (Å²) in [5.74, 6) is -8.18.